The van der Waals surface area contributed by atoms with Gasteiger partial charge in [0.1, 0.15) is 11.6 Å². The highest BCUT2D eigenvalue weighted by Crippen LogP contribution is 2.25. The molecule has 2 heterocycles. The van der Waals surface area contributed by atoms with E-state index >= 15 is 0 Å². The van der Waals surface area contributed by atoms with Crippen LogP contribution in [0, 0.1) is 5.82 Å². The van der Waals surface area contributed by atoms with Crippen molar-refractivity contribution in [2.45, 2.75) is 23.8 Å². The molecule has 1 amide bonds. The minimum Gasteiger partial charge on any atom is -0.451 e. The molecule has 1 aliphatic rings. The van der Waals surface area contributed by atoms with Gasteiger partial charge in [0.25, 0.3) is 5.91 Å². The molecule has 3 aromatic rings. The van der Waals surface area contributed by atoms with Gasteiger partial charge in [0.15, 0.2) is 5.76 Å². The van der Waals surface area contributed by atoms with E-state index in [2.05, 4.69) is 5.32 Å². The first-order valence-electron chi connectivity index (χ1n) is 9.80. The van der Waals surface area contributed by atoms with E-state index in [-0.39, 0.29) is 11.0 Å². The lowest BCUT2D eigenvalue weighted by atomic mass is 10.1. The second-order valence-electron chi connectivity index (χ2n) is 7.14. The van der Waals surface area contributed by atoms with Gasteiger partial charge in [0.2, 0.25) is 0 Å². The summed E-state index contributed by atoms with van der Waals surface area (Å²) in [6.45, 7) is 1.31. The molecular weight excluding hydrogens is 405 g/mol. The van der Waals surface area contributed by atoms with Crippen molar-refractivity contribution in [3.8, 4) is 11.3 Å². The van der Waals surface area contributed by atoms with Crippen molar-refractivity contribution in [3.05, 3.63) is 77.8 Å². The molecular formula is C23H22FNO4S. The van der Waals surface area contributed by atoms with E-state index < -0.39 is 22.5 Å². The fourth-order valence-corrected chi connectivity index (χ4v) is 4.88. The number of rotatable bonds is 6. The SMILES string of the molecule is O=C(Nc1cccc(CS(=O)C2CCOCC2)c1)c1ccc(-c2ccccc2F)o1. The number of carbonyl (C=O) groups is 1. The Hall–Kier alpha value is -2.77. The number of carbonyl (C=O) groups excluding carboxylic acids is 1. The van der Waals surface area contributed by atoms with Crippen LogP contribution in [0.2, 0.25) is 0 Å². The second kappa shape index (κ2) is 9.36. The summed E-state index contributed by atoms with van der Waals surface area (Å²) in [5.41, 5.74) is 1.78. The molecule has 1 aliphatic heterocycles. The molecule has 1 aromatic heterocycles. The third-order valence-corrected chi connectivity index (χ3v) is 6.84. The molecule has 4 rings (SSSR count). The van der Waals surface area contributed by atoms with Crippen LogP contribution < -0.4 is 5.32 Å². The first-order valence-corrected chi connectivity index (χ1v) is 11.2. The van der Waals surface area contributed by atoms with Crippen molar-refractivity contribution in [1.82, 2.24) is 0 Å². The smallest absolute Gasteiger partial charge is 0.291 e. The van der Waals surface area contributed by atoms with E-state index in [9.17, 15) is 13.4 Å². The Bertz CT molecular complexity index is 1060. The Morgan fingerprint density at radius 3 is 2.67 bits per heavy atom. The van der Waals surface area contributed by atoms with Crippen molar-refractivity contribution in [1.29, 1.82) is 0 Å². The van der Waals surface area contributed by atoms with Crippen LogP contribution in [-0.2, 0) is 21.3 Å². The number of anilines is 1. The molecule has 5 nitrogen and oxygen atoms in total. The largest absolute Gasteiger partial charge is 0.451 e. The molecule has 0 radical (unpaired) electrons. The number of ether oxygens (including phenoxy) is 1. The molecule has 1 saturated heterocycles. The third-order valence-electron chi connectivity index (χ3n) is 5.00. The van der Waals surface area contributed by atoms with Gasteiger partial charge in [-0.3, -0.25) is 9.00 Å². The summed E-state index contributed by atoms with van der Waals surface area (Å²) in [5.74, 6) is -0.0281. The summed E-state index contributed by atoms with van der Waals surface area (Å²) < 4.78 is 37.4. The molecule has 7 heteroatoms. The Morgan fingerprint density at radius 2 is 1.87 bits per heavy atom. The van der Waals surface area contributed by atoms with Gasteiger partial charge in [-0.2, -0.15) is 0 Å². The van der Waals surface area contributed by atoms with Crippen molar-refractivity contribution >= 4 is 22.4 Å². The van der Waals surface area contributed by atoms with Gasteiger partial charge in [0.05, 0.1) is 5.56 Å². The standard InChI is InChI=1S/C23H22FNO4S/c24-20-7-2-1-6-19(20)21-8-9-22(29-21)23(26)25-17-5-3-4-16(14-17)15-30(27)18-10-12-28-13-11-18/h1-9,14,18H,10-13,15H2,(H,25,26). The Morgan fingerprint density at radius 1 is 1.07 bits per heavy atom. The number of amides is 1. The molecule has 1 unspecified atom stereocenters. The van der Waals surface area contributed by atoms with Crippen LogP contribution in [0.4, 0.5) is 10.1 Å². The summed E-state index contributed by atoms with van der Waals surface area (Å²) >= 11 is 0. The molecule has 1 fully saturated rings. The van der Waals surface area contributed by atoms with Gasteiger partial charge in [-0.15, -0.1) is 0 Å². The molecule has 2 aromatic carbocycles. The van der Waals surface area contributed by atoms with Crippen LogP contribution >= 0.6 is 0 Å². The average Bonchev–Trinajstić information content (AvgIpc) is 3.25. The van der Waals surface area contributed by atoms with Gasteiger partial charge >= 0.3 is 0 Å². The van der Waals surface area contributed by atoms with Crippen LogP contribution in [0.3, 0.4) is 0 Å². The van der Waals surface area contributed by atoms with E-state index in [1.54, 1.807) is 30.3 Å². The number of nitrogens with one attached hydrogen (secondary N) is 1. The minimum atomic E-state index is -0.981. The number of furan rings is 1. The molecule has 0 saturated carbocycles. The van der Waals surface area contributed by atoms with Gasteiger partial charge < -0.3 is 14.5 Å². The predicted octanol–water partition coefficient (Wildman–Crippen LogP) is 4.77. The fraction of sp³-hybridized carbons (Fsp3) is 0.261. The number of hydrogen-bond donors (Lipinski definition) is 1. The lowest BCUT2D eigenvalue weighted by Gasteiger charge is -2.21. The maximum Gasteiger partial charge on any atom is 0.291 e. The number of hydrogen-bond acceptors (Lipinski definition) is 4. The van der Waals surface area contributed by atoms with E-state index in [0.717, 1.165) is 18.4 Å². The highest BCUT2D eigenvalue weighted by atomic mass is 32.2. The van der Waals surface area contributed by atoms with Crippen molar-refractivity contribution in [2.75, 3.05) is 18.5 Å². The monoisotopic (exact) mass is 427 g/mol. The maximum absolute atomic E-state index is 13.9. The summed E-state index contributed by atoms with van der Waals surface area (Å²) in [6, 6.07) is 16.6. The molecule has 0 spiro atoms. The summed E-state index contributed by atoms with van der Waals surface area (Å²) in [4.78, 5) is 12.6. The van der Waals surface area contributed by atoms with Gasteiger partial charge in [0, 0.05) is 40.7 Å². The van der Waals surface area contributed by atoms with Gasteiger partial charge in [-0.25, -0.2) is 4.39 Å². The molecule has 1 N–H and O–H groups in total. The van der Waals surface area contributed by atoms with Crippen LogP contribution in [0.1, 0.15) is 29.0 Å². The number of benzene rings is 2. The lowest BCUT2D eigenvalue weighted by molar-refractivity contribution is 0.0991. The highest BCUT2D eigenvalue weighted by molar-refractivity contribution is 7.84. The quantitative estimate of drug-likeness (QED) is 0.616. The van der Waals surface area contributed by atoms with Gasteiger partial charge in [-0.05, 0) is 54.8 Å². The first kappa shape index (κ1) is 20.5. The van der Waals surface area contributed by atoms with Crippen molar-refractivity contribution < 1.29 is 22.5 Å². The zero-order valence-electron chi connectivity index (χ0n) is 16.3. The Balaban J connectivity index is 1.42. The molecule has 0 aliphatic carbocycles. The molecule has 0 bridgehead atoms. The summed E-state index contributed by atoms with van der Waals surface area (Å²) in [7, 11) is -0.981. The van der Waals surface area contributed by atoms with Crippen molar-refractivity contribution in [2.24, 2.45) is 0 Å². The Labute approximate surface area is 176 Å². The lowest BCUT2D eigenvalue weighted by Crippen LogP contribution is -2.25. The minimum absolute atomic E-state index is 0.0874. The maximum atomic E-state index is 13.9. The molecule has 30 heavy (non-hydrogen) atoms. The number of halogens is 1. The topological polar surface area (TPSA) is 68.5 Å². The average molecular weight is 427 g/mol. The normalized spacial score (nSPS) is 15.6. The van der Waals surface area contributed by atoms with Crippen molar-refractivity contribution in [3.63, 3.8) is 0 Å². The van der Waals surface area contributed by atoms with E-state index in [1.165, 1.54) is 12.1 Å². The van der Waals surface area contributed by atoms with E-state index in [1.807, 2.05) is 18.2 Å². The second-order valence-corrected chi connectivity index (χ2v) is 8.85. The fourth-order valence-electron chi connectivity index (χ4n) is 3.42. The highest BCUT2D eigenvalue weighted by Gasteiger charge is 2.20. The Kier molecular flexibility index (Phi) is 6.40. The zero-order chi connectivity index (χ0) is 20.9. The molecule has 1 atom stereocenters. The van der Waals surface area contributed by atoms with E-state index in [0.29, 0.717) is 36.0 Å². The van der Waals surface area contributed by atoms with Crippen LogP contribution in [0.5, 0.6) is 0 Å². The van der Waals surface area contributed by atoms with Crippen LogP contribution in [0.25, 0.3) is 11.3 Å². The predicted molar refractivity (Wildman–Crippen MR) is 114 cm³/mol. The summed E-state index contributed by atoms with van der Waals surface area (Å²) in [5, 5.41) is 2.94. The first-order chi connectivity index (χ1) is 14.6. The molecule has 156 valence electrons. The van der Waals surface area contributed by atoms with Crippen LogP contribution in [0.15, 0.2) is 65.1 Å². The zero-order valence-corrected chi connectivity index (χ0v) is 17.1. The van der Waals surface area contributed by atoms with E-state index in [4.69, 9.17) is 9.15 Å². The van der Waals surface area contributed by atoms with Gasteiger partial charge in [-0.1, -0.05) is 24.3 Å². The third kappa shape index (κ3) is 4.86. The summed E-state index contributed by atoms with van der Waals surface area (Å²) in [6.07, 6.45) is 1.62. The van der Waals surface area contributed by atoms with Crippen LogP contribution in [-0.4, -0.2) is 28.6 Å².